The Bertz CT molecular complexity index is 483. The largest absolute Gasteiger partial charge is 0.341 e. The van der Waals surface area contributed by atoms with E-state index in [1.807, 2.05) is 6.07 Å². The second-order valence-corrected chi connectivity index (χ2v) is 7.19. The van der Waals surface area contributed by atoms with Crippen LogP contribution in [0.15, 0.2) is 30.3 Å². The molecule has 114 valence electrons. The Kier molecular flexibility index (Phi) is 4.03. The maximum Gasteiger partial charge on any atom is 0.223 e. The van der Waals surface area contributed by atoms with Crippen molar-refractivity contribution in [3.8, 4) is 0 Å². The number of carbonyl (C=O) groups excluding carboxylic acids is 1. The first-order valence-corrected chi connectivity index (χ1v) is 8.13. The van der Waals surface area contributed by atoms with Crippen molar-refractivity contribution in [1.82, 2.24) is 10.2 Å². The fraction of sp³-hybridized carbons (Fsp3) is 0.611. The molecular weight excluding hydrogens is 260 g/mol. The number of benzene rings is 1. The van der Waals surface area contributed by atoms with Crippen LogP contribution in [0.2, 0.25) is 0 Å². The molecule has 2 saturated heterocycles. The van der Waals surface area contributed by atoms with E-state index >= 15 is 0 Å². The van der Waals surface area contributed by atoms with E-state index in [-0.39, 0.29) is 5.41 Å². The molecule has 3 nitrogen and oxygen atoms in total. The molecule has 0 saturated carbocycles. The summed E-state index contributed by atoms with van der Waals surface area (Å²) in [4.78, 5) is 14.8. The van der Waals surface area contributed by atoms with Gasteiger partial charge in [-0.15, -0.1) is 0 Å². The summed E-state index contributed by atoms with van der Waals surface area (Å²) in [6.45, 7) is 7.29. The zero-order valence-corrected chi connectivity index (χ0v) is 13.1. The second kappa shape index (κ2) is 5.80. The number of carbonyl (C=O) groups is 1. The fourth-order valence-corrected chi connectivity index (χ4v) is 3.73. The van der Waals surface area contributed by atoms with E-state index in [4.69, 9.17) is 0 Å². The highest BCUT2D eigenvalue weighted by atomic mass is 16.2. The molecule has 2 fully saturated rings. The molecule has 1 aromatic rings. The number of piperidine rings is 1. The zero-order chi connectivity index (χ0) is 14.9. The van der Waals surface area contributed by atoms with Crippen molar-refractivity contribution in [1.29, 1.82) is 0 Å². The molecule has 2 aliphatic heterocycles. The van der Waals surface area contributed by atoms with Gasteiger partial charge in [-0.3, -0.25) is 4.79 Å². The van der Waals surface area contributed by atoms with Gasteiger partial charge in [0.15, 0.2) is 0 Å². The van der Waals surface area contributed by atoms with E-state index < -0.39 is 0 Å². The van der Waals surface area contributed by atoms with Crippen LogP contribution in [0, 0.1) is 5.92 Å². The summed E-state index contributed by atoms with van der Waals surface area (Å²) >= 11 is 0. The van der Waals surface area contributed by atoms with Crippen LogP contribution in [-0.4, -0.2) is 36.5 Å². The van der Waals surface area contributed by atoms with Crippen LogP contribution in [0.3, 0.4) is 0 Å². The lowest BCUT2D eigenvalue weighted by Crippen LogP contribution is -2.41. The van der Waals surface area contributed by atoms with Crippen LogP contribution in [0.5, 0.6) is 0 Å². The molecule has 21 heavy (non-hydrogen) atoms. The van der Waals surface area contributed by atoms with Crippen molar-refractivity contribution in [2.24, 2.45) is 5.92 Å². The predicted molar refractivity (Wildman–Crippen MR) is 85.2 cm³/mol. The molecule has 1 aromatic carbocycles. The monoisotopic (exact) mass is 286 g/mol. The number of likely N-dealkylation sites (tertiary alicyclic amines) is 1. The number of fused-ring (bicyclic) bond motifs is 1. The average molecular weight is 286 g/mol. The summed E-state index contributed by atoms with van der Waals surface area (Å²) in [5.74, 6) is 0.975. The molecule has 2 aliphatic rings. The molecule has 3 heteroatoms. The number of hydrogen-bond donors (Lipinski definition) is 1. The van der Waals surface area contributed by atoms with Gasteiger partial charge in [-0.1, -0.05) is 44.2 Å². The van der Waals surface area contributed by atoms with Crippen molar-refractivity contribution in [2.45, 2.75) is 44.6 Å². The number of hydrogen-bond acceptors (Lipinski definition) is 2. The minimum Gasteiger partial charge on any atom is -0.341 e. The van der Waals surface area contributed by atoms with Gasteiger partial charge in [0.1, 0.15) is 0 Å². The minimum atomic E-state index is -0.0977. The van der Waals surface area contributed by atoms with Gasteiger partial charge in [-0.25, -0.2) is 0 Å². The molecule has 2 atom stereocenters. The Balaban J connectivity index is 1.64. The van der Waals surface area contributed by atoms with E-state index in [0.29, 0.717) is 24.3 Å². The Labute approximate surface area is 127 Å². The van der Waals surface area contributed by atoms with Crippen molar-refractivity contribution in [3.05, 3.63) is 35.9 Å². The summed E-state index contributed by atoms with van der Waals surface area (Å²) in [6.07, 6.45) is 3.11. The standard InChI is InChI=1S/C18H26N2O/c1-18(2,15-8-4-3-5-9-15)11-17(21)20-12-14-7-6-10-19-16(14)13-20/h3-5,8-9,14,16,19H,6-7,10-13H2,1-2H3/t14-,16+/m0/s1. The van der Waals surface area contributed by atoms with Crippen molar-refractivity contribution < 1.29 is 4.79 Å². The summed E-state index contributed by atoms with van der Waals surface area (Å²) in [5.41, 5.74) is 1.15. The maximum atomic E-state index is 12.7. The highest BCUT2D eigenvalue weighted by Crippen LogP contribution is 2.30. The SMILES string of the molecule is CC(C)(CC(=O)N1C[C@@H]2CCCN[C@@H]2C1)c1ccccc1. The summed E-state index contributed by atoms with van der Waals surface area (Å²) in [6, 6.07) is 10.9. The van der Waals surface area contributed by atoms with Gasteiger partial charge in [-0.2, -0.15) is 0 Å². The van der Waals surface area contributed by atoms with Gasteiger partial charge in [-0.05, 0) is 36.3 Å². The number of amides is 1. The van der Waals surface area contributed by atoms with Crippen LogP contribution in [0.25, 0.3) is 0 Å². The molecule has 1 N–H and O–H groups in total. The Hall–Kier alpha value is -1.35. The van der Waals surface area contributed by atoms with E-state index in [2.05, 4.69) is 48.3 Å². The molecule has 1 amide bonds. The summed E-state index contributed by atoms with van der Waals surface area (Å²) < 4.78 is 0. The summed E-state index contributed by atoms with van der Waals surface area (Å²) in [7, 11) is 0. The number of nitrogens with zero attached hydrogens (tertiary/aromatic N) is 1. The number of rotatable bonds is 3. The third-order valence-electron chi connectivity index (χ3n) is 5.10. The zero-order valence-electron chi connectivity index (χ0n) is 13.1. The van der Waals surface area contributed by atoms with Crippen molar-refractivity contribution in [2.75, 3.05) is 19.6 Å². The predicted octanol–water partition coefficient (Wildman–Crippen LogP) is 2.56. The lowest BCUT2D eigenvalue weighted by Gasteiger charge is -2.27. The Morgan fingerprint density at radius 1 is 1.29 bits per heavy atom. The first-order chi connectivity index (χ1) is 10.1. The minimum absolute atomic E-state index is 0.0977. The highest BCUT2D eigenvalue weighted by molar-refractivity contribution is 5.78. The van der Waals surface area contributed by atoms with Crippen LogP contribution in [0.1, 0.15) is 38.7 Å². The third kappa shape index (κ3) is 3.13. The molecule has 2 heterocycles. The summed E-state index contributed by atoms with van der Waals surface area (Å²) in [5, 5.41) is 3.57. The molecule has 0 radical (unpaired) electrons. The quantitative estimate of drug-likeness (QED) is 0.926. The molecular formula is C18H26N2O. The van der Waals surface area contributed by atoms with Crippen LogP contribution < -0.4 is 5.32 Å². The molecule has 0 bridgehead atoms. The van der Waals surface area contributed by atoms with Crippen LogP contribution >= 0.6 is 0 Å². The van der Waals surface area contributed by atoms with Crippen LogP contribution in [-0.2, 0) is 10.2 Å². The third-order valence-corrected chi connectivity index (χ3v) is 5.10. The van der Waals surface area contributed by atoms with Gasteiger partial charge in [0.25, 0.3) is 0 Å². The van der Waals surface area contributed by atoms with Crippen molar-refractivity contribution >= 4 is 5.91 Å². The first kappa shape index (κ1) is 14.6. The number of nitrogens with one attached hydrogen (secondary N) is 1. The van der Waals surface area contributed by atoms with Gasteiger partial charge in [0, 0.05) is 25.6 Å². The molecule has 0 aromatic heterocycles. The average Bonchev–Trinajstić information content (AvgIpc) is 2.92. The maximum absolute atomic E-state index is 12.7. The van der Waals surface area contributed by atoms with Gasteiger partial charge in [0.05, 0.1) is 0 Å². The molecule has 0 spiro atoms. The second-order valence-electron chi connectivity index (χ2n) is 7.19. The normalized spacial score (nSPS) is 25.7. The topological polar surface area (TPSA) is 32.3 Å². The molecule has 0 unspecified atom stereocenters. The van der Waals surface area contributed by atoms with Gasteiger partial charge >= 0.3 is 0 Å². The van der Waals surface area contributed by atoms with E-state index in [9.17, 15) is 4.79 Å². The molecule has 0 aliphatic carbocycles. The Morgan fingerprint density at radius 3 is 2.76 bits per heavy atom. The fourth-order valence-electron chi connectivity index (χ4n) is 3.73. The first-order valence-electron chi connectivity index (χ1n) is 8.13. The Morgan fingerprint density at radius 2 is 2.05 bits per heavy atom. The smallest absolute Gasteiger partial charge is 0.223 e. The lowest BCUT2D eigenvalue weighted by molar-refractivity contribution is -0.131. The molecule has 3 rings (SSSR count). The van der Waals surface area contributed by atoms with E-state index in [0.717, 1.165) is 19.6 Å². The van der Waals surface area contributed by atoms with E-state index in [1.165, 1.54) is 18.4 Å². The van der Waals surface area contributed by atoms with Gasteiger partial charge < -0.3 is 10.2 Å². The van der Waals surface area contributed by atoms with E-state index in [1.54, 1.807) is 0 Å². The van der Waals surface area contributed by atoms with Crippen molar-refractivity contribution in [3.63, 3.8) is 0 Å². The lowest BCUT2D eigenvalue weighted by atomic mass is 9.81. The van der Waals surface area contributed by atoms with Gasteiger partial charge in [0.2, 0.25) is 5.91 Å². The van der Waals surface area contributed by atoms with Crippen LogP contribution in [0.4, 0.5) is 0 Å². The highest BCUT2D eigenvalue weighted by Gasteiger charge is 2.37.